The molecule has 2 aromatic carbocycles. The van der Waals surface area contributed by atoms with Crippen molar-refractivity contribution in [3.8, 4) is 0 Å². The first kappa shape index (κ1) is 31.1. The minimum Gasteiger partial charge on any atom is -0.481 e. The first-order chi connectivity index (χ1) is 18.5. The second-order valence-electron chi connectivity index (χ2n) is 10.1. The second-order valence-corrected chi connectivity index (χ2v) is 11.9. The van der Waals surface area contributed by atoms with Crippen LogP contribution in [0.25, 0.3) is 0 Å². The van der Waals surface area contributed by atoms with Gasteiger partial charge in [-0.15, -0.1) is 0 Å². The van der Waals surface area contributed by atoms with Crippen molar-refractivity contribution in [1.29, 1.82) is 0 Å². The van der Waals surface area contributed by atoms with Crippen molar-refractivity contribution in [3.63, 3.8) is 0 Å². The number of carbonyl (C=O) groups excluding carboxylic acids is 1. The monoisotopic (exact) mass is 592 g/mol. The van der Waals surface area contributed by atoms with Gasteiger partial charge in [-0.2, -0.15) is 13.2 Å². The average Bonchev–Trinajstić information content (AvgIpc) is 2.88. The van der Waals surface area contributed by atoms with Gasteiger partial charge >= 0.3 is 18.2 Å². The highest BCUT2D eigenvalue weighted by atomic mass is 32.2. The number of hydrogen-bond donors (Lipinski definition) is 1. The summed E-state index contributed by atoms with van der Waals surface area (Å²) >= 11 is 0. The lowest BCUT2D eigenvalue weighted by molar-refractivity contribution is -0.151. The number of carbonyl (C=O) groups is 2. The summed E-state index contributed by atoms with van der Waals surface area (Å²) in [5.41, 5.74) is -2.82. The molecule has 1 heterocycles. The zero-order chi connectivity index (χ0) is 30.0. The summed E-state index contributed by atoms with van der Waals surface area (Å²) in [6.45, 7) is 4.26. The molecular weight excluding hydrogens is 563 g/mol. The second kappa shape index (κ2) is 11.6. The smallest absolute Gasteiger partial charge is 0.416 e. The van der Waals surface area contributed by atoms with Crippen LogP contribution in [0.2, 0.25) is 0 Å². The number of likely N-dealkylation sites (tertiary alicyclic amines) is 1. The van der Waals surface area contributed by atoms with Gasteiger partial charge in [-0.1, -0.05) is 0 Å². The number of benzene rings is 2. The van der Waals surface area contributed by atoms with E-state index < -0.39 is 74.1 Å². The Bertz CT molecular complexity index is 1340. The van der Waals surface area contributed by atoms with Crippen LogP contribution in [0.4, 0.5) is 32.4 Å². The number of aliphatic carboxylic acids is 1. The van der Waals surface area contributed by atoms with E-state index in [9.17, 15) is 45.1 Å². The Balaban J connectivity index is 1.81. The Morgan fingerprint density at radius 3 is 2.17 bits per heavy atom. The van der Waals surface area contributed by atoms with E-state index in [0.717, 1.165) is 6.07 Å². The summed E-state index contributed by atoms with van der Waals surface area (Å²) in [4.78, 5) is 24.9. The lowest BCUT2D eigenvalue weighted by atomic mass is 9.74. The summed E-state index contributed by atoms with van der Waals surface area (Å²) < 4.78 is 100. The van der Waals surface area contributed by atoms with Crippen LogP contribution in [0.1, 0.15) is 39.2 Å². The molecule has 0 radical (unpaired) electrons. The number of nitrogens with zero attached hydrogens (tertiary/aromatic N) is 2. The van der Waals surface area contributed by atoms with E-state index in [0.29, 0.717) is 53.5 Å². The predicted molar refractivity (Wildman–Crippen MR) is 134 cm³/mol. The van der Waals surface area contributed by atoms with Gasteiger partial charge in [0.15, 0.2) is 0 Å². The van der Waals surface area contributed by atoms with E-state index in [4.69, 9.17) is 4.74 Å². The molecule has 3 rings (SSSR count). The lowest BCUT2D eigenvalue weighted by Gasteiger charge is -2.38. The molecule has 14 heteroatoms. The average molecular weight is 593 g/mol. The maximum atomic E-state index is 14.7. The third-order valence-electron chi connectivity index (χ3n) is 7.06. The van der Waals surface area contributed by atoms with Crippen molar-refractivity contribution < 1.29 is 49.8 Å². The van der Waals surface area contributed by atoms with Gasteiger partial charge < -0.3 is 14.7 Å². The van der Waals surface area contributed by atoms with Gasteiger partial charge in [0.2, 0.25) is 0 Å². The van der Waals surface area contributed by atoms with Gasteiger partial charge in [-0.25, -0.2) is 22.0 Å². The van der Waals surface area contributed by atoms with E-state index in [1.54, 1.807) is 13.8 Å². The number of amides is 1. The topological polar surface area (TPSA) is 104 Å². The number of alkyl halides is 3. The molecule has 0 unspecified atom stereocenters. The third kappa shape index (κ3) is 6.65. The maximum absolute atomic E-state index is 14.7. The van der Waals surface area contributed by atoms with Crippen LogP contribution in [0.3, 0.4) is 0 Å². The number of carboxylic acid groups (broad SMARTS) is 1. The predicted octanol–water partition coefficient (Wildman–Crippen LogP) is 5.53. The van der Waals surface area contributed by atoms with E-state index in [1.165, 1.54) is 11.8 Å². The van der Waals surface area contributed by atoms with Crippen LogP contribution in [0, 0.1) is 23.0 Å². The van der Waals surface area contributed by atoms with Crippen molar-refractivity contribution in [2.45, 2.75) is 50.7 Å². The maximum Gasteiger partial charge on any atom is 0.416 e. The molecule has 0 saturated carbocycles. The number of anilines is 1. The molecule has 1 aliphatic rings. The SMILES string of the molecule is C[C@H](COC(=O)N1CCC(C(C)(C)C(=O)O)CC1)N(c1cc(F)ccc1F)S(=O)(=O)c1ccc(C(F)(F)F)cc1. The first-order valence-electron chi connectivity index (χ1n) is 12.3. The van der Waals surface area contributed by atoms with Crippen molar-refractivity contribution in [2.75, 3.05) is 24.0 Å². The van der Waals surface area contributed by atoms with Crippen LogP contribution >= 0.6 is 0 Å². The number of piperidine rings is 1. The van der Waals surface area contributed by atoms with Crippen molar-refractivity contribution >= 4 is 27.8 Å². The Morgan fingerprint density at radius 2 is 1.65 bits per heavy atom. The molecule has 2 aromatic rings. The van der Waals surface area contributed by atoms with Crippen LogP contribution < -0.4 is 4.31 Å². The van der Waals surface area contributed by atoms with Crippen molar-refractivity contribution in [3.05, 3.63) is 59.7 Å². The molecule has 220 valence electrons. The Labute approximate surface area is 228 Å². The number of rotatable bonds is 8. The quantitative estimate of drug-likeness (QED) is 0.405. The summed E-state index contributed by atoms with van der Waals surface area (Å²) in [7, 11) is -4.76. The summed E-state index contributed by atoms with van der Waals surface area (Å²) in [6, 6.07) is 3.26. The highest BCUT2D eigenvalue weighted by Gasteiger charge is 2.40. The fraction of sp³-hybridized carbons (Fsp3) is 0.462. The Kier molecular flexibility index (Phi) is 9.02. The number of hydrogen-bond acceptors (Lipinski definition) is 5. The number of sulfonamides is 1. The van der Waals surface area contributed by atoms with Crippen LogP contribution in [-0.4, -0.2) is 56.2 Å². The third-order valence-corrected chi connectivity index (χ3v) is 9.00. The number of ether oxygens (including phenoxy) is 1. The molecule has 40 heavy (non-hydrogen) atoms. The van der Waals surface area contributed by atoms with Gasteiger partial charge in [0.05, 0.1) is 27.6 Å². The fourth-order valence-electron chi connectivity index (χ4n) is 4.50. The molecular formula is C26H29F5N2O6S. The molecule has 0 aromatic heterocycles. The van der Waals surface area contributed by atoms with Crippen molar-refractivity contribution in [2.24, 2.45) is 11.3 Å². The van der Waals surface area contributed by atoms with Gasteiger partial charge in [0.25, 0.3) is 10.0 Å². The normalized spacial score (nSPS) is 15.9. The molecule has 1 saturated heterocycles. The summed E-state index contributed by atoms with van der Waals surface area (Å²) in [6.07, 6.45) is -4.75. The van der Waals surface area contributed by atoms with E-state index in [1.807, 2.05) is 0 Å². The Hall–Kier alpha value is -3.42. The largest absolute Gasteiger partial charge is 0.481 e. The molecule has 1 N–H and O–H groups in total. The molecule has 0 bridgehead atoms. The summed E-state index contributed by atoms with van der Waals surface area (Å²) in [5, 5.41) is 9.43. The highest BCUT2D eigenvalue weighted by molar-refractivity contribution is 7.92. The van der Waals surface area contributed by atoms with Gasteiger partial charge in [-0.05, 0) is 75.9 Å². The van der Waals surface area contributed by atoms with E-state index in [-0.39, 0.29) is 19.0 Å². The van der Waals surface area contributed by atoms with Crippen LogP contribution in [0.15, 0.2) is 47.4 Å². The van der Waals surface area contributed by atoms with Gasteiger partial charge in [0.1, 0.15) is 18.2 Å². The minimum absolute atomic E-state index is 0.187. The fourth-order valence-corrected chi connectivity index (χ4v) is 6.14. The number of halogens is 5. The van der Waals surface area contributed by atoms with Crippen LogP contribution in [0.5, 0.6) is 0 Å². The van der Waals surface area contributed by atoms with Gasteiger partial charge in [0, 0.05) is 19.2 Å². The van der Waals surface area contributed by atoms with Crippen LogP contribution in [-0.2, 0) is 25.7 Å². The molecule has 1 fully saturated rings. The molecule has 8 nitrogen and oxygen atoms in total. The minimum atomic E-state index is -4.76. The Morgan fingerprint density at radius 1 is 1.07 bits per heavy atom. The van der Waals surface area contributed by atoms with Crippen molar-refractivity contribution in [1.82, 2.24) is 4.90 Å². The standard InChI is InChI=1S/C26H29F5N2O6S/c1-16(15-39-24(36)32-12-10-17(11-13-32)25(2,3)23(34)35)33(22-14-19(27)6-9-21(22)28)40(37,38)20-7-4-18(5-8-20)26(29,30)31/h4-9,14,16-17H,10-13,15H2,1-3H3,(H,34,35)/t16-/m1/s1. The molecule has 1 amide bonds. The zero-order valence-corrected chi connectivity index (χ0v) is 22.7. The number of carboxylic acids is 1. The van der Waals surface area contributed by atoms with Gasteiger partial charge in [-0.3, -0.25) is 9.10 Å². The molecule has 0 aliphatic carbocycles. The lowest BCUT2D eigenvalue weighted by Crippen LogP contribution is -2.46. The molecule has 1 aliphatic heterocycles. The highest BCUT2D eigenvalue weighted by Crippen LogP contribution is 2.36. The zero-order valence-electron chi connectivity index (χ0n) is 21.9. The van der Waals surface area contributed by atoms with E-state index >= 15 is 0 Å². The van der Waals surface area contributed by atoms with E-state index in [2.05, 4.69) is 0 Å². The molecule has 1 atom stereocenters. The summed E-state index contributed by atoms with van der Waals surface area (Å²) in [5.74, 6) is -3.24. The molecule has 0 spiro atoms. The first-order valence-corrected chi connectivity index (χ1v) is 13.7.